The van der Waals surface area contributed by atoms with Gasteiger partial charge in [0.25, 0.3) is 0 Å². The number of thioether (sulfide) groups is 1. The molecule has 1 saturated heterocycles. The Morgan fingerprint density at radius 1 is 1.26 bits per heavy atom. The summed E-state index contributed by atoms with van der Waals surface area (Å²) in [6.45, 7) is 1.46. The van der Waals surface area contributed by atoms with E-state index in [9.17, 15) is 14.7 Å². The molecule has 0 aromatic carbocycles. The number of aliphatic carboxylic acids is 1. The molecule has 2 aliphatic rings. The molecule has 0 bridgehead atoms. The predicted molar refractivity (Wildman–Crippen MR) is 75.5 cm³/mol. The van der Waals surface area contributed by atoms with Crippen molar-refractivity contribution in [2.75, 3.05) is 19.3 Å². The summed E-state index contributed by atoms with van der Waals surface area (Å²) >= 11 is 1.84. The largest absolute Gasteiger partial charge is 0.480 e. The first-order valence-electron chi connectivity index (χ1n) is 6.91. The lowest BCUT2D eigenvalue weighted by Gasteiger charge is -2.34. The molecular weight excluding hydrogens is 264 g/mol. The molecule has 0 aromatic rings. The maximum absolute atomic E-state index is 12.2. The SMILES string of the molecule is CSC1CCN(C(=O)NC2(C(=O)O)CCCC2)CC1. The smallest absolute Gasteiger partial charge is 0.329 e. The van der Waals surface area contributed by atoms with Crippen LogP contribution in [0.5, 0.6) is 0 Å². The normalized spacial score (nSPS) is 23.3. The van der Waals surface area contributed by atoms with Gasteiger partial charge in [-0.2, -0.15) is 11.8 Å². The second-order valence-corrected chi connectivity index (χ2v) is 6.58. The highest BCUT2D eigenvalue weighted by Crippen LogP contribution is 2.30. The summed E-state index contributed by atoms with van der Waals surface area (Å²) in [5, 5.41) is 12.8. The molecule has 2 N–H and O–H groups in total. The first-order valence-corrected chi connectivity index (χ1v) is 8.19. The number of nitrogens with one attached hydrogen (secondary N) is 1. The highest BCUT2D eigenvalue weighted by atomic mass is 32.2. The first-order chi connectivity index (χ1) is 9.07. The van der Waals surface area contributed by atoms with Crippen LogP contribution >= 0.6 is 11.8 Å². The molecule has 5 nitrogen and oxygen atoms in total. The number of piperidine rings is 1. The number of carbonyl (C=O) groups excluding carboxylic acids is 1. The molecule has 1 saturated carbocycles. The minimum absolute atomic E-state index is 0.205. The van der Waals surface area contributed by atoms with Crippen LogP contribution in [0.25, 0.3) is 0 Å². The lowest BCUT2D eigenvalue weighted by molar-refractivity contribution is -0.144. The predicted octanol–water partition coefficient (Wildman–Crippen LogP) is 1.92. The number of carboxylic acids is 1. The standard InChI is InChI=1S/C13H22N2O3S/c1-19-10-4-8-15(9-5-10)12(18)14-13(11(16)17)6-2-3-7-13/h10H,2-9H2,1H3,(H,14,18)(H,16,17). The van der Waals surface area contributed by atoms with Crippen LogP contribution < -0.4 is 5.32 Å². The van der Waals surface area contributed by atoms with E-state index in [0.717, 1.165) is 38.8 Å². The van der Waals surface area contributed by atoms with Crippen molar-refractivity contribution in [2.45, 2.75) is 49.3 Å². The Morgan fingerprint density at radius 3 is 2.32 bits per heavy atom. The Bertz CT molecular complexity index is 348. The molecule has 0 atom stereocenters. The molecule has 19 heavy (non-hydrogen) atoms. The van der Waals surface area contributed by atoms with Gasteiger partial charge in [0.15, 0.2) is 0 Å². The van der Waals surface area contributed by atoms with Gasteiger partial charge in [0.2, 0.25) is 0 Å². The van der Waals surface area contributed by atoms with Crippen LogP contribution in [0.1, 0.15) is 38.5 Å². The number of likely N-dealkylation sites (tertiary alicyclic amines) is 1. The molecule has 1 aliphatic carbocycles. The fourth-order valence-corrected chi connectivity index (χ4v) is 3.63. The number of hydrogen-bond acceptors (Lipinski definition) is 3. The van der Waals surface area contributed by atoms with E-state index in [0.29, 0.717) is 18.1 Å². The summed E-state index contributed by atoms with van der Waals surface area (Å²) in [5.74, 6) is -0.891. The molecular formula is C13H22N2O3S. The summed E-state index contributed by atoms with van der Waals surface area (Å²) in [6.07, 6.45) is 6.94. The zero-order valence-electron chi connectivity index (χ0n) is 11.4. The Balaban J connectivity index is 1.92. The first kappa shape index (κ1) is 14.5. The Kier molecular flexibility index (Phi) is 4.60. The lowest BCUT2D eigenvalue weighted by atomic mass is 9.98. The summed E-state index contributed by atoms with van der Waals surface area (Å²) in [4.78, 5) is 25.4. The lowest BCUT2D eigenvalue weighted by Crippen LogP contribution is -2.57. The summed E-state index contributed by atoms with van der Waals surface area (Å²) < 4.78 is 0. The number of carboxylic acid groups (broad SMARTS) is 1. The van der Waals surface area contributed by atoms with E-state index >= 15 is 0 Å². The molecule has 0 radical (unpaired) electrons. The van der Waals surface area contributed by atoms with E-state index in [1.54, 1.807) is 4.90 Å². The topological polar surface area (TPSA) is 69.6 Å². The molecule has 0 spiro atoms. The van der Waals surface area contributed by atoms with Crippen molar-refractivity contribution >= 4 is 23.8 Å². The van der Waals surface area contributed by atoms with Crippen molar-refractivity contribution < 1.29 is 14.7 Å². The third kappa shape index (κ3) is 3.16. The van der Waals surface area contributed by atoms with Gasteiger partial charge < -0.3 is 15.3 Å². The molecule has 1 aliphatic heterocycles. The zero-order chi connectivity index (χ0) is 13.9. The van der Waals surface area contributed by atoms with E-state index in [4.69, 9.17) is 0 Å². The third-order valence-corrected chi connectivity index (χ3v) is 5.41. The van der Waals surface area contributed by atoms with Gasteiger partial charge in [-0.15, -0.1) is 0 Å². The molecule has 1 heterocycles. The van der Waals surface area contributed by atoms with E-state index in [2.05, 4.69) is 11.6 Å². The fourth-order valence-electron chi connectivity index (χ4n) is 2.95. The van der Waals surface area contributed by atoms with E-state index in [-0.39, 0.29) is 6.03 Å². The van der Waals surface area contributed by atoms with Crippen molar-refractivity contribution in [1.29, 1.82) is 0 Å². The number of hydrogen-bond donors (Lipinski definition) is 2. The molecule has 2 fully saturated rings. The van der Waals surface area contributed by atoms with Crippen LogP contribution in [0.3, 0.4) is 0 Å². The van der Waals surface area contributed by atoms with Gasteiger partial charge in [0, 0.05) is 18.3 Å². The van der Waals surface area contributed by atoms with Crippen molar-refractivity contribution in [2.24, 2.45) is 0 Å². The molecule has 108 valence electrons. The van der Waals surface area contributed by atoms with Gasteiger partial charge >= 0.3 is 12.0 Å². The number of rotatable bonds is 3. The summed E-state index contributed by atoms with van der Waals surface area (Å²) in [7, 11) is 0. The maximum Gasteiger partial charge on any atom is 0.329 e. The Morgan fingerprint density at radius 2 is 1.84 bits per heavy atom. The van der Waals surface area contributed by atoms with Crippen LogP contribution in [0, 0.1) is 0 Å². The zero-order valence-corrected chi connectivity index (χ0v) is 12.2. The van der Waals surface area contributed by atoms with Crippen LogP contribution in [-0.2, 0) is 4.79 Å². The summed E-state index contributed by atoms with van der Waals surface area (Å²) in [5.41, 5.74) is -1.02. The Hall–Kier alpha value is -0.910. The fraction of sp³-hybridized carbons (Fsp3) is 0.846. The Labute approximate surface area is 118 Å². The number of nitrogens with zero attached hydrogens (tertiary/aromatic N) is 1. The van der Waals surface area contributed by atoms with Gasteiger partial charge in [-0.25, -0.2) is 9.59 Å². The maximum atomic E-state index is 12.2. The van der Waals surface area contributed by atoms with Gasteiger partial charge in [0.05, 0.1) is 0 Å². The molecule has 2 amide bonds. The van der Waals surface area contributed by atoms with Crippen molar-refractivity contribution in [3.8, 4) is 0 Å². The van der Waals surface area contributed by atoms with Crippen molar-refractivity contribution in [1.82, 2.24) is 10.2 Å². The van der Waals surface area contributed by atoms with Gasteiger partial charge in [-0.3, -0.25) is 0 Å². The minimum Gasteiger partial charge on any atom is -0.480 e. The molecule has 2 rings (SSSR count). The second-order valence-electron chi connectivity index (χ2n) is 5.45. The van der Waals surface area contributed by atoms with E-state index in [1.165, 1.54) is 0 Å². The highest BCUT2D eigenvalue weighted by Gasteiger charge is 2.43. The average Bonchev–Trinajstić information content (AvgIpc) is 2.88. The van der Waals surface area contributed by atoms with Crippen LogP contribution in [-0.4, -0.2) is 52.1 Å². The van der Waals surface area contributed by atoms with Crippen LogP contribution in [0.15, 0.2) is 0 Å². The third-order valence-electron chi connectivity index (χ3n) is 4.28. The molecule has 6 heteroatoms. The second kappa shape index (κ2) is 6.03. The average molecular weight is 286 g/mol. The van der Waals surface area contributed by atoms with Crippen LogP contribution in [0.4, 0.5) is 4.79 Å². The van der Waals surface area contributed by atoms with Crippen molar-refractivity contribution in [3.05, 3.63) is 0 Å². The van der Waals surface area contributed by atoms with Crippen LogP contribution in [0.2, 0.25) is 0 Å². The van der Waals surface area contributed by atoms with Crippen molar-refractivity contribution in [3.63, 3.8) is 0 Å². The number of amides is 2. The van der Waals surface area contributed by atoms with Gasteiger partial charge in [-0.05, 0) is 31.9 Å². The molecule has 0 aromatic heterocycles. The summed E-state index contributed by atoms with van der Waals surface area (Å²) in [6, 6.07) is -0.205. The number of urea groups is 1. The quantitative estimate of drug-likeness (QED) is 0.831. The molecule has 0 unspecified atom stereocenters. The van der Waals surface area contributed by atoms with E-state index < -0.39 is 11.5 Å². The minimum atomic E-state index is -1.02. The highest BCUT2D eigenvalue weighted by molar-refractivity contribution is 7.99. The van der Waals surface area contributed by atoms with Gasteiger partial charge in [-0.1, -0.05) is 12.8 Å². The van der Waals surface area contributed by atoms with Gasteiger partial charge in [0.1, 0.15) is 5.54 Å². The number of carbonyl (C=O) groups is 2. The monoisotopic (exact) mass is 286 g/mol. The van der Waals surface area contributed by atoms with E-state index in [1.807, 2.05) is 11.8 Å².